The SMILES string of the molecule is Cc1cccc(S(=O)(=O)N2CCC(n3ncc4c3CNC4)CC2)c1F. The summed E-state index contributed by atoms with van der Waals surface area (Å²) in [5, 5.41) is 7.79. The zero-order chi connectivity index (χ0) is 17.6. The Bertz CT molecular complexity index is 901. The molecule has 0 spiro atoms. The van der Waals surface area contributed by atoms with Gasteiger partial charge in [0.15, 0.2) is 0 Å². The highest BCUT2D eigenvalue weighted by molar-refractivity contribution is 7.89. The maximum atomic E-state index is 14.3. The van der Waals surface area contributed by atoms with E-state index < -0.39 is 15.8 Å². The molecule has 0 saturated carbocycles. The molecule has 2 aromatic rings. The van der Waals surface area contributed by atoms with Crippen molar-refractivity contribution in [2.75, 3.05) is 13.1 Å². The van der Waals surface area contributed by atoms with Crippen LogP contribution in [0.15, 0.2) is 29.3 Å². The van der Waals surface area contributed by atoms with Crippen LogP contribution >= 0.6 is 0 Å². The lowest BCUT2D eigenvalue weighted by atomic mass is 10.1. The van der Waals surface area contributed by atoms with Crippen LogP contribution in [0.2, 0.25) is 0 Å². The Labute approximate surface area is 146 Å². The van der Waals surface area contributed by atoms with Crippen LogP contribution in [-0.2, 0) is 23.1 Å². The first-order valence-corrected chi connectivity index (χ1v) is 9.93. The van der Waals surface area contributed by atoms with Gasteiger partial charge in [-0.05, 0) is 31.4 Å². The molecule has 0 amide bonds. The minimum atomic E-state index is -3.80. The number of hydrogen-bond donors (Lipinski definition) is 1. The average molecular weight is 364 g/mol. The fraction of sp³-hybridized carbons (Fsp3) is 0.471. The Balaban J connectivity index is 1.52. The van der Waals surface area contributed by atoms with Crippen LogP contribution in [0.3, 0.4) is 0 Å². The van der Waals surface area contributed by atoms with Gasteiger partial charge in [-0.2, -0.15) is 9.40 Å². The summed E-state index contributed by atoms with van der Waals surface area (Å²) < 4.78 is 43.3. The molecule has 0 bridgehead atoms. The van der Waals surface area contributed by atoms with Gasteiger partial charge >= 0.3 is 0 Å². The van der Waals surface area contributed by atoms with E-state index in [9.17, 15) is 12.8 Å². The number of rotatable bonds is 3. The summed E-state index contributed by atoms with van der Waals surface area (Å²) in [6.07, 6.45) is 3.25. The van der Waals surface area contributed by atoms with Crippen LogP contribution in [0.5, 0.6) is 0 Å². The van der Waals surface area contributed by atoms with Crippen molar-refractivity contribution in [3.05, 3.63) is 47.0 Å². The first kappa shape index (κ1) is 16.7. The first-order valence-electron chi connectivity index (χ1n) is 8.49. The Morgan fingerprint density at radius 2 is 2.00 bits per heavy atom. The van der Waals surface area contributed by atoms with Crippen LogP contribution in [0, 0.1) is 12.7 Å². The van der Waals surface area contributed by atoms with Crippen molar-refractivity contribution in [2.24, 2.45) is 0 Å². The summed E-state index contributed by atoms with van der Waals surface area (Å²) in [5.74, 6) is -0.652. The molecule has 0 aliphatic carbocycles. The lowest BCUT2D eigenvalue weighted by Crippen LogP contribution is -2.39. The van der Waals surface area contributed by atoms with Crippen molar-refractivity contribution in [3.8, 4) is 0 Å². The number of nitrogens with one attached hydrogen (secondary N) is 1. The van der Waals surface area contributed by atoms with Crippen molar-refractivity contribution < 1.29 is 12.8 Å². The van der Waals surface area contributed by atoms with Gasteiger partial charge in [-0.15, -0.1) is 0 Å². The summed E-state index contributed by atoms with van der Waals surface area (Å²) in [4.78, 5) is -0.227. The van der Waals surface area contributed by atoms with Crippen LogP contribution in [0.25, 0.3) is 0 Å². The van der Waals surface area contributed by atoms with Gasteiger partial charge in [-0.25, -0.2) is 12.8 Å². The van der Waals surface area contributed by atoms with E-state index in [1.807, 2.05) is 10.9 Å². The zero-order valence-electron chi connectivity index (χ0n) is 14.1. The molecule has 1 aromatic heterocycles. The average Bonchev–Trinajstić information content (AvgIpc) is 3.21. The van der Waals surface area contributed by atoms with E-state index in [1.165, 1.54) is 21.6 Å². The topological polar surface area (TPSA) is 67.2 Å². The molecule has 1 N–H and O–H groups in total. The van der Waals surface area contributed by atoms with E-state index in [4.69, 9.17) is 0 Å². The molecule has 134 valence electrons. The van der Waals surface area contributed by atoms with Gasteiger partial charge in [-0.1, -0.05) is 12.1 Å². The molecular weight excluding hydrogens is 343 g/mol. The summed E-state index contributed by atoms with van der Waals surface area (Å²) in [7, 11) is -3.80. The van der Waals surface area contributed by atoms with Crippen molar-refractivity contribution in [1.82, 2.24) is 19.4 Å². The fourth-order valence-corrected chi connectivity index (χ4v) is 5.29. The summed E-state index contributed by atoms with van der Waals surface area (Å²) in [5.41, 5.74) is 2.76. The van der Waals surface area contributed by atoms with Crippen molar-refractivity contribution >= 4 is 10.0 Å². The molecule has 1 fully saturated rings. The maximum absolute atomic E-state index is 14.3. The lowest BCUT2D eigenvalue weighted by Gasteiger charge is -2.32. The van der Waals surface area contributed by atoms with Gasteiger partial charge < -0.3 is 5.32 Å². The van der Waals surface area contributed by atoms with Gasteiger partial charge in [0.25, 0.3) is 0 Å². The third-order valence-electron chi connectivity index (χ3n) is 5.14. The van der Waals surface area contributed by atoms with Crippen LogP contribution < -0.4 is 5.32 Å². The number of piperidine rings is 1. The third-order valence-corrected chi connectivity index (χ3v) is 7.05. The Kier molecular flexibility index (Phi) is 4.13. The number of hydrogen-bond acceptors (Lipinski definition) is 4. The number of nitrogens with zero attached hydrogens (tertiary/aromatic N) is 3. The summed E-state index contributed by atoms with van der Waals surface area (Å²) in [6.45, 7) is 3.98. The largest absolute Gasteiger partial charge is 0.307 e. The molecule has 2 aliphatic rings. The van der Waals surface area contributed by atoms with E-state index in [1.54, 1.807) is 19.1 Å². The molecule has 6 nitrogen and oxygen atoms in total. The molecule has 4 rings (SSSR count). The highest BCUT2D eigenvalue weighted by Gasteiger charge is 2.33. The van der Waals surface area contributed by atoms with Crippen LogP contribution in [-0.4, -0.2) is 35.6 Å². The second-order valence-electron chi connectivity index (χ2n) is 6.69. The van der Waals surface area contributed by atoms with Crippen molar-refractivity contribution in [3.63, 3.8) is 0 Å². The van der Waals surface area contributed by atoms with E-state index >= 15 is 0 Å². The monoisotopic (exact) mass is 364 g/mol. The number of aromatic nitrogens is 2. The smallest absolute Gasteiger partial charge is 0.245 e. The van der Waals surface area contributed by atoms with E-state index in [0.29, 0.717) is 31.5 Å². The minimum Gasteiger partial charge on any atom is -0.307 e. The summed E-state index contributed by atoms with van der Waals surface area (Å²) >= 11 is 0. The zero-order valence-corrected chi connectivity index (χ0v) is 14.9. The van der Waals surface area contributed by atoms with E-state index in [2.05, 4.69) is 10.4 Å². The molecule has 1 saturated heterocycles. The minimum absolute atomic E-state index is 0.192. The van der Waals surface area contributed by atoms with Gasteiger partial charge in [0.2, 0.25) is 10.0 Å². The quantitative estimate of drug-likeness (QED) is 0.904. The Morgan fingerprint density at radius 1 is 1.24 bits per heavy atom. The van der Waals surface area contributed by atoms with Gasteiger partial charge in [0.05, 0.1) is 17.9 Å². The predicted molar refractivity (Wildman–Crippen MR) is 90.9 cm³/mol. The molecule has 2 aliphatic heterocycles. The number of aryl methyl sites for hydroxylation is 1. The molecule has 0 atom stereocenters. The molecule has 3 heterocycles. The normalized spacial score (nSPS) is 19.3. The Hall–Kier alpha value is -1.77. The molecule has 8 heteroatoms. The number of sulfonamides is 1. The lowest BCUT2D eigenvalue weighted by molar-refractivity contribution is 0.256. The second kappa shape index (κ2) is 6.19. The van der Waals surface area contributed by atoms with Gasteiger partial charge in [-0.3, -0.25) is 4.68 Å². The first-order chi connectivity index (χ1) is 12.0. The van der Waals surface area contributed by atoms with Gasteiger partial charge in [0.1, 0.15) is 10.7 Å². The molecule has 0 unspecified atom stereocenters. The predicted octanol–water partition coefficient (Wildman–Crippen LogP) is 1.96. The van der Waals surface area contributed by atoms with E-state index in [0.717, 1.165) is 13.1 Å². The maximum Gasteiger partial charge on any atom is 0.245 e. The van der Waals surface area contributed by atoms with Crippen molar-refractivity contribution in [1.29, 1.82) is 0 Å². The molecule has 0 radical (unpaired) electrons. The molecular formula is C17H21FN4O2S. The fourth-order valence-electron chi connectivity index (χ4n) is 3.68. The van der Waals surface area contributed by atoms with Gasteiger partial charge in [0, 0.05) is 31.7 Å². The van der Waals surface area contributed by atoms with Crippen LogP contribution in [0.1, 0.15) is 35.7 Å². The summed E-state index contributed by atoms with van der Waals surface area (Å²) in [6, 6.07) is 4.69. The molecule has 25 heavy (non-hydrogen) atoms. The second-order valence-corrected chi connectivity index (χ2v) is 8.59. The highest BCUT2D eigenvalue weighted by Crippen LogP contribution is 2.30. The van der Waals surface area contributed by atoms with Crippen LogP contribution in [0.4, 0.5) is 4.39 Å². The number of halogens is 1. The Morgan fingerprint density at radius 3 is 2.76 bits per heavy atom. The molecule has 1 aromatic carbocycles. The number of fused-ring (bicyclic) bond motifs is 1. The third kappa shape index (κ3) is 2.78. The highest BCUT2D eigenvalue weighted by atomic mass is 32.2. The standard InChI is InChI=1S/C17H21FN4O2S/c1-12-3-2-4-16(17(12)18)25(23,24)21-7-5-14(6-8-21)22-15-11-19-9-13(15)10-20-22/h2-4,10,14,19H,5-9,11H2,1H3. The van der Waals surface area contributed by atoms with E-state index in [-0.39, 0.29) is 10.9 Å². The number of benzene rings is 1. The van der Waals surface area contributed by atoms with Crippen molar-refractivity contribution in [2.45, 2.75) is 43.8 Å².